The Hall–Kier alpha value is -2.66. The molecule has 5 heteroatoms. The van der Waals surface area contributed by atoms with E-state index in [1.807, 2.05) is 48.8 Å². The number of halogens is 1. The van der Waals surface area contributed by atoms with E-state index in [0.717, 1.165) is 28.8 Å². The second-order valence-corrected chi connectivity index (χ2v) is 6.65. The number of aryl methyl sites for hydroxylation is 2. The number of nitrogens with zero attached hydrogens (tertiary/aromatic N) is 1. The smallest absolute Gasteiger partial charge is 0.343 e. The average Bonchev–Trinajstić information content (AvgIpc) is 2.68. The summed E-state index contributed by atoms with van der Waals surface area (Å²) in [6, 6.07) is 18.5. The zero-order chi connectivity index (χ0) is 18.4. The number of aromatic nitrogens is 1. The SMILES string of the molecule is COc1ccc(OC(=O)c2ccc(Br)cc2)c(CC[n+]2ccccc2)c1. The number of ether oxygens (including phenoxy) is 2. The molecule has 1 heterocycles. The first kappa shape index (κ1) is 18.1. The first-order valence-corrected chi connectivity index (χ1v) is 9.04. The predicted octanol–water partition coefficient (Wildman–Crippen LogP) is 4.21. The quantitative estimate of drug-likeness (QED) is 0.345. The zero-order valence-corrected chi connectivity index (χ0v) is 16.0. The number of benzene rings is 2. The topological polar surface area (TPSA) is 39.4 Å². The first-order valence-electron chi connectivity index (χ1n) is 8.24. The summed E-state index contributed by atoms with van der Waals surface area (Å²) in [7, 11) is 1.62. The fourth-order valence-corrected chi connectivity index (χ4v) is 2.82. The standard InChI is InChI=1S/C21H19BrNO3/c1-25-19-9-10-20(26-21(24)16-5-7-18(22)8-6-16)17(15-19)11-14-23-12-3-2-4-13-23/h2-10,12-13,15H,11,14H2,1H3/q+1. The van der Waals surface area contributed by atoms with Gasteiger partial charge in [-0.2, -0.15) is 0 Å². The van der Waals surface area contributed by atoms with Gasteiger partial charge < -0.3 is 9.47 Å². The summed E-state index contributed by atoms with van der Waals surface area (Å²) >= 11 is 3.36. The van der Waals surface area contributed by atoms with Crippen LogP contribution in [0, 0.1) is 0 Å². The van der Waals surface area contributed by atoms with Gasteiger partial charge in [-0.05, 0) is 42.5 Å². The Bertz CT molecular complexity index is 880. The summed E-state index contributed by atoms with van der Waals surface area (Å²) < 4.78 is 14.0. The molecule has 3 aromatic rings. The number of esters is 1. The van der Waals surface area contributed by atoms with Crippen LogP contribution >= 0.6 is 15.9 Å². The van der Waals surface area contributed by atoms with Crippen LogP contribution < -0.4 is 14.0 Å². The van der Waals surface area contributed by atoms with Crippen LogP contribution in [0.5, 0.6) is 11.5 Å². The Balaban J connectivity index is 1.79. The molecular formula is C21H19BrNO3+. The highest BCUT2D eigenvalue weighted by atomic mass is 79.9. The van der Waals surface area contributed by atoms with Gasteiger partial charge in [-0.1, -0.05) is 22.0 Å². The molecule has 0 unspecified atom stereocenters. The van der Waals surface area contributed by atoms with Gasteiger partial charge in [0, 0.05) is 28.6 Å². The Morgan fingerprint density at radius 2 is 1.77 bits per heavy atom. The Morgan fingerprint density at radius 3 is 2.46 bits per heavy atom. The minimum absolute atomic E-state index is 0.378. The number of pyridine rings is 1. The third-order valence-electron chi connectivity index (χ3n) is 3.97. The third kappa shape index (κ3) is 4.70. The molecule has 0 saturated heterocycles. The van der Waals surface area contributed by atoms with E-state index in [1.54, 1.807) is 31.4 Å². The second kappa shape index (κ2) is 8.63. The number of hydrogen-bond acceptors (Lipinski definition) is 3. The van der Waals surface area contributed by atoms with Crippen molar-refractivity contribution in [1.29, 1.82) is 0 Å². The van der Waals surface area contributed by atoms with Crippen molar-refractivity contribution in [2.24, 2.45) is 0 Å². The van der Waals surface area contributed by atoms with E-state index in [2.05, 4.69) is 20.5 Å². The molecule has 3 rings (SSSR count). The summed E-state index contributed by atoms with van der Waals surface area (Å²) in [5.74, 6) is 0.910. The largest absolute Gasteiger partial charge is 0.497 e. The fraction of sp³-hybridized carbons (Fsp3) is 0.143. The van der Waals surface area contributed by atoms with Gasteiger partial charge in [-0.3, -0.25) is 0 Å². The number of methoxy groups -OCH3 is 1. The van der Waals surface area contributed by atoms with Crippen LogP contribution in [0.25, 0.3) is 0 Å². The van der Waals surface area contributed by atoms with Crippen LogP contribution in [-0.4, -0.2) is 13.1 Å². The molecule has 1 aromatic heterocycles. The fourth-order valence-electron chi connectivity index (χ4n) is 2.56. The molecule has 0 aliphatic rings. The summed E-state index contributed by atoms with van der Waals surface area (Å²) in [6.07, 6.45) is 4.73. The Morgan fingerprint density at radius 1 is 1.04 bits per heavy atom. The lowest BCUT2D eigenvalue weighted by molar-refractivity contribution is -0.696. The number of carbonyl (C=O) groups excluding carboxylic acids is 1. The average molecular weight is 413 g/mol. The van der Waals surface area contributed by atoms with E-state index in [0.29, 0.717) is 11.3 Å². The molecule has 0 radical (unpaired) electrons. The van der Waals surface area contributed by atoms with Crippen molar-refractivity contribution < 1.29 is 18.8 Å². The number of rotatable bonds is 6. The van der Waals surface area contributed by atoms with E-state index >= 15 is 0 Å². The highest BCUT2D eigenvalue weighted by Crippen LogP contribution is 2.26. The van der Waals surface area contributed by atoms with Crippen molar-refractivity contribution in [3.63, 3.8) is 0 Å². The molecule has 0 N–H and O–H groups in total. The summed E-state index contributed by atoms with van der Waals surface area (Å²) in [5, 5.41) is 0. The number of carbonyl (C=O) groups is 1. The zero-order valence-electron chi connectivity index (χ0n) is 14.4. The van der Waals surface area contributed by atoms with Crippen molar-refractivity contribution in [1.82, 2.24) is 0 Å². The lowest BCUT2D eigenvalue weighted by Crippen LogP contribution is -2.33. The van der Waals surface area contributed by atoms with Crippen molar-refractivity contribution >= 4 is 21.9 Å². The molecule has 0 bridgehead atoms. The molecular weight excluding hydrogens is 394 g/mol. The second-order valence-electron chi connectivity index (χ2n) is 5.73. The predicted molar refractivity (Wildman–Crippen MR) is 102 cm³/mol. The summed E-state index contributed by atoms with van der Waals surface area (Å²) in [6.45, 7) is 0.775. The maximum absolute atomic E-state index is 12.4. The van der Waals surface area contributed by atoms with Crippen molar-refractivity contribution in [3.8, 4) is 11.5 Å². The highest BCUT2D eigenvalue weighted by Gasteiger charge is 2.14. The minimum Gasteiger partial charge on any atom is -0.497 e. The Labute approximate surface area is 161 Å². The first-order chi connectivity index (χ1) is 12.7. The van der Waals surface area contributed by atoms with Gasteiger partial charge >= 0.3 is 5.97 Å². The van der Waals surface area contributed by atoms with Crippen LogP contribution in [0.4, 0.5) is 0 Å². The van der Waals surface area contributed by atoms with Gasteiger partial charge in [0.25, 0.3) is 0 Å². The molecule has 0 saturated carbocycles. The molecule has 0 atom stereocenters. The molecule has 2 aromatic carbocycles. The van der Waals surface area contributed by atoms with Crippen LogP contribution in [0.1, 0.15) is 15.9 Å². The summed E-state index contributed by atoms with van der Waals surface area (Å²) in [4.78, 5) is 12.4. The molecule has 0 aliphatic heterocycles. The normalized spacial score (nSPS) is 10.4. The van der Waals surface area contributed by atoms with Gasteiger partial charge in [0.05, 0.1) is 12.7 Å². The van der Waals surface area contributed by atoms with Crippen LogP contribution in [0.15, 0.2) is 77.5 Å². The van der Waals surface area contributed by atoms with Gasteiger partial charge in [0.1, 0.15) is 11.5 Å². The van der Waals surface area contributed by atoms with Crippen LogP contribution in [-0.2, 0) is 13.0 Å². The van der Waals surface area contributed by atoms with Crippen LogP contribution in [0.3, 0.4) is 0 Å². The van der Waals surface area contributed by atoms with Crippen LogP contribution in [0.2, 0.25) is 0 Å². The highest BCUT2D eigenvalue weighted by molar-refractivity contribution is 9.10. The minimum atomic E-state index is -0.378. The maximum atomic E-state index is 12.4. The van der Waals surface area contributed by atoms with Gasteiger partial charge in [-0.15, -0.1) is 0 Å². The summed E-state index contributed by atoms with van der Waals surface area (Å²) in [5.41, 5.74) is 1.43. The molecule has 26 heavy (non-hydrogen) atoms. The van der Waals surface area contributed by atoms with E-state index < -0.39 is 0 Å². The Kier molecular flexibility index (Phi) is 6.02. The monoisotopic (exact) mass is 412 g/mol. The van der Waals surface area contributed by atoms with Crippen molar-refractivity contribution in [2.75, 3.05) is 7.11 Å². The molecule has 0 spiro atoms. The van der Waals surface area contributed by atoms with E-state index in [1.165, 1.54) is 0 Å². The lowest BCUT2D eigenvalue weighted by Gasteiger charge is -2.11. The molecule has 4 nitrogen and oxygen atoms in total. The molecule has 0 amide bonds. The van der Waals surface area contributed by atoms with Crippen molar-refractivity contribution in [2.45, 2.75) is 13.0 Å². The van der Waals surface area contributed by atoms with E-state index in [9.17, 15) is 4.79 Å². The molecule has 132 valence electrons. The van der Waals surface area contributed by atoms with E-state index in [4.69, 9.17) is 9.47 Å². The third-order valence-corrected chi connectivity index (χ3v) is 4.50. The molecule has 0 fully saturated rings. The maximum Gasteiger partial charge on any atom is 0.343 e. The van der Waals surface area contributed by atoms with Gasteiger partial charge in [-0.25, -0.2) is 9.36 Å². The number of hydrogen-bond donors (Lipinski definition) is 0. The van der Waals surface area contributed by atoms with Gasteiger partial charge in [0.2, 0.25) is 0 Å². The van der Waals surface area contributed by atoms with Gasteiger partial charge in [0.15, 0.2) is 18.9 Å². The van der Waals surface area contributed by atoms with E-state index in [-0.39, 0.29) is 5.97 Å². The molecule has 0 aliphatic carbocycles. The lowest BCUT2D eigenvalue weighted by atomic mass is 10.1. The van der Waals surface area contributed by atoms with Crippen molar-refractivity contribution in [3.05, 3.63) is 88.7 Å².